The second-order valence-corrected chi connectivity index (χ2v) is 7.07. The van der Waals surface area contributed by atoms with E-state index in [9.17, 15) is 0 Å². The molecule has 1 fully saturated rings. The van der Waals surface area contributed by atoms with Crippen LogP contribution in [0.2, 0.25) is 0 Å². The summed E-state index contributed by atoms with van der Waals surface area (Å²) in [7, 11) is 0. The Morgan fingerprint density at radius 1 is 1.35 bits per heavy atom. The summed E-state index contributed by atoms with van der Waals surface area (Å²) in [6, 6.07) is 8.95. The van der Waals surface area contributed by atoms with Gasteiger partial charge in [-0.05, 0) is 44.9 Å². The van der Waals surface area contributed by atoms with Gasteiger partial charge in [0, 0.05) is 29.1 Å². The number of morpholine rings is 1. The van der Waals surface area contributed by atoms with Gasteiger partial charge in [0.2, 0.25) is 0 Å². The van der Waals surface area contributed by atoms with Gasteiger partial charge in [0.15, 0.2) is 0 Å². The third kappa shape index (κ3) is 3.61. The minimum Gasteiger partial charge on any atom is -0.376 e. The average molecular weight is 341 g/mol. The monoisotopic (exact) mass is 340 g/mol. The van der Waals surface area contributed by atoms with Crippen LogP contribution in [0, 0.1) is 0 Å². The molecule has 0 saturated carbocycles. The smallest absolute Gasteiger partial charge is 0.0675 e. The number of nitrogens with zero attached hydrogens (tertiary/aromatic N) is 1. The summed E-state index contributed by atoms with van der Waals surface area (Å²) in [5.74, 6) is 0. The van der Waals surface area contributed by atoms with Gasteiger partial charge in [-0.2, -0.15) is 0 Å². The molecule has 3 atom stereocenters. The Morgan fingerprint density at radius 3 is 2.60 bits per heavy atom. The van der Waals surface area contributed by atoms with Gasteiger partial charge < -0.3 is 10.5 Å². The molecule has 112 valence electrons. The van der Waals surface area contributed by atoms with Crippen LogP contribution < -0.4 is 5.73 Å². The predicted molar refractivity (Wildman–Crippen MR) is 86.9 cm³/mol. The van der Waals surface area contributed by atoms with Crippen molar-refractivity contribution in [2.75, 3.05) is 19.7 Å². The maximum Gasteiger partial charge on any atom is 0.0675 e. The Balaban J connectivity index is 2.16. The molecule has 1 aromatic rings. The first kappa shape index (κ1) is 16.0. The van der Waals surface area contributed by atoms with Crippen molar-refractivity contribution in [1.29, 1.82) is 0 Å². The lowest BCUT2D eigenvalue weighted by atomic mass is 9.88. The number of ether oxygens (including phenoxy) is 1. The van der Waals surface area contributed by atoms with E-state index in [0.29, 0.717) is 12.6 Å². The molecule has 2 rings (SSSR count). The Labute approximate surface area is 130 Å². The summed E-state index contributed by atoms with van der Waals surface area (Å²) in [6.45, 7) is 9.02. The van der Waals surface area contributed by atoms with Crippen molar-refractivity contribution in [3.05, 3.63) is 34.3 Å². The van der Waals surface area contributed by atoms with Gasteiger partial charge in [-0.1, -0.05) is 28.1 Å². The lowest BCUT2D eigenvalue weighted by Gasteiger charge is -2.48. The third-order valence-electron chi connectivity index (χ3n) is 4.24. The zero-order valence-corrected chi connectivity index (χ0v) is 14.2. The molecule has 1 aliphatic rings. The van der Waals surface area contributed by atoms with Gasteiger partial charge in [0.05, 0.1) is 12.7 Å². The second-order valence-electron chi connectivity index (χ2n) is 6.15. The molecule has 3 unspecified atom stereocenters. The molecular weight excluding hydrogens is 316 g/mol. The van der Waals surface area contributed by atoms with Crippen LogP contribution in [0.25, 0.3) is 0 Å². The number of hydrogen-bond donors (Lipinski definition) is 1. The Morgan fingerprint density at radius 2 is 2.00 bits per heavy atom. The summed E-state index contributed by atoms with van der Waals surface area (Å²) < 4.78 is 6.85. The molecule has 0 amide bonds. The van der Waals surface area contributed by atoms with Crippen LogP contribution in [0.15, 0.2) is 28.7 Å². The first-order chi connectivity index (χ1) is 9.44. The molecule has 20 heavy (non-hydrogen) atoms. The highest BCUT2D eigenvalue weighted by atomic mass is 79.9. The van der Waals surface area contributed by atoms with E-state index >= 15 is 0 Å². The van der Waals surface area contributed by atoms with Gasteiger partial charge in [0.1, 0.15) is 0 Å². The number of halogens is 1. The molecular formula is C16H25BrN2O. The van der Waals surface area contributed by atoms with Crippen molar-refractivity contribution in [3.63, 3.8) is 0 Å². The number of rotatable bonds is 4. The van der Waals surface area contributed by atoms with Crippen molar-refractivity contribution in [2.45, 2.75) is 44.9 Å². The van der Waals surface area contributed by atoms with Crippen molar-refractivity contribution in [2.24, 2.45) is 5.73 Å². The summed E-state index contributed by atoms with van der Waals surface area (Å²) in [5.41, 5.74) is 7.44. The van der Waals surface area contributed by atoms with Crippen molar-refractivity contribution in [3.8, 4) is 0 Å². The summed E-state index contributed by atoms with van der Waals surface area (Å²) in [4.78, 5) is 2.52. The van der Waals surface area contributed by atoms with Crippen molar-refractivity contribution < 1.29 is 4.74 Å². The van der Waals surface area contributed by atoms with E-state index in [2.05, 4.69) is 65.9 Å². The van der Waals surface area contributed by atoms with Crippen LogP contribution in [0.5, 0.6) is 0 Å². The molecule has 0 aliphatic carbocycles. The highest BCUT2D eigenvalue weighted by Gasteiger charge is 2.37. The third-order valence-corrected chi connectivity index (χ3v) is 4.77. The van der Waals surface area contributed by atoms with E-state index in [4.69, 9.17) is 10.5 Å². The zero-order chi connectivity index (χ0) is 14.8. The highest BCUT2D eigenvalue weighted by Crippen LogP contribution is 2.26. The lowest BCUT2D eigenvalue weighted by molar-refractivity contribution is -0.0881. The van der Waals surface area contributed by atoms with E-state index in [0.717, 1.165) is 24.0 Å². The molecule has 1 heterocycles. The van der Waals surface area contributed by atoms with Crippen LogP contribution in [-0.2, 0) is 11.2 Å². The SMILES string of the molecule is CC1CN(C(C)(CN)Cc2ccc(Br)cc2)C(C)CO1. The molecule has 0 spiro atoms. The van der Waals surface area contributed by atoms with Gasteiger partial charge in [-0.3, -0.25) is 4.90 Å². The van der Waals surface area contributed by atoms with Crippen LogP contribution in [0.4, 0.5) is 0 Å². The molecule has 0 bridgehead atoms. The van der Waals surface area contributed by atoms with Gasteiger partial charge in [0.25, 0.3) is 0 Å². The van der Waals surface area contributed by atoms with Gasteiger partial charge in [-0.15, -0.1) is 0 Å². The standard InChI is InChI=1S/C16H25BrN2O/c1-12-10-20-13(2)9-19(12)16(3,11-18)8-14-4-6-15(17)7-5-14/h4-7,12-13H,8-11,18H2,1-3H3. The van der Waals surface area contributed by atoms with Crippen LogP contribution in [0.3, 0.4) is 0 Å². The molecule has 1 aromatic carbocycles. The molecule has 0 aromatic heterocycles. The van der Waals surface area contributed by atoms with Gasteiger partial charge >= 0.3 is 0 Å². The van der Waals surface area contributed by atoms with Crippen LogP contribution in [-0.4, -0.2) is 42.3 Å². The lowest BCUT2D eigenvalue weighted by Crippen LogP contribution is -2.61. The van der Waals surface area contributed by atoms with E-state index in [1.807, 2.05) is 0 Å². The fourth-order valence-corrected chi connectivity index (χ4v) is 3.25. The fraction of sp³-hybridized carbons (Fsp3) is 0.625. The largest absolute Gasteiger partial charge is 0.376 e. The number of nitrogens with two attached hydrogens (primary N) is 1. The molecule has 2 N–H and O–H groups in total. The normalized spacial score (nSPS) is 27.2. The molecule has 3 nitrogen and oxygen atoms in total. The Hall–Kier alpha value is -0.420. The van der Waals surface area contributed by atoms with E-state index in [1.165, 1.54) is 5.56 Å². The molecule has 4 heteroatoms. The summed E-state index contributed by atoms with van der Waals surface area (Å²) in [6.07, 6.45) is 1.25. The zero-order valence-electron chi connectivity index (χ0n) is 12.6. The summed E-state index contributed by atoms with van der Waals surface area (Å²) >= 11 is 3.48. The Kier molecular flexibility index (Phi) is 5.24. The Bertz CT molecular complexity index is 437. The van der Waals surface area contributed by atoms with Gasteiger partial charge in [-0.25, -0.2) is 0 Å². The first-order valence-electron chi connectivity index (χ1n) is 7.27. The second kappa shape index (κ2) is 6.56. The first-order valence-corrected chi connectivity index (χ1v) is 8.07. The van der Waals surface area contributed by atoms with E-state index in [-0.39, 0.29) is 11.6 Å². The minimum atomic E-state index is -0.0225. The molecule has 1 saturated heterocycles. The van der Waals surface area contributed by atoms with E-state index < -0.39 is 0 Å². The minimum absolute atomic E-state index is 0.0225. The van der Waals surface area contributed by atoms with Crippen molar-refractivity contribution >= 4 is 15.9 Å². The van der Waals surface area contributed by atoms with Crippen molar-refractivity contribution in [1.82, 2.24) is 4.90 Å². The summed E-state index contributed by atoms with van der Waals surface area (Å²) in [5, 5.41) is 0. The topological polar surface area (TPSA) is 38.5 Å². The average Bonchev–Trinajstić information content (AvgIpc) is 2.44. The maximum absolute atomic E-state index is 6.13. The predicted octanol–water partition coefficient (Wildman–Crippen LogP) is 2.82. The fourth-order valence-electron chi connectivity index (χ4n) is 2.99. The quantitative estimate of drug-likeness (QED) is 0.915. The molecule has 1 aliphatic heterocycles. The number of benzene rings is 1. The number of hydrogen-bond acceptors (Lipinski definition) is 3. The van der Waals surface area contributed by atoms with Crippen LogP contribution in [0.1, 0.15) is 26.3 Å². The van der Waals surface area contributed by atoms with E-state index in [1.54, 1.807) is 0 Å². The maximum atomic E-state index is 6.13. The highest BCUT2D eigenvalue weighted by molar-refractivity contribution is 9.10. The van der Waals surface area contributed by atoms with Crippen LogP contribution >= 0.6 is 15.9 Å². The molecule has 0 radical (unpaired) electrons.